The normalized spacial score (nSPS) is 9.90. The lowest BCUT2D eigenvalue weighted by atomic mass is 10.0. The lowest BCUT2D eigenvalue weighted by Crippen LogP contribution is -2.21. The standard InChI is InChI=1S/C13H13NO6/c1-3-20-13(17)12(16)7-11(15)9-6-8(2)4-5-10(9)14(18)19/h4-6H,3,7H2,1-2H3. The van der Waals surface area contributed by atoms with Gasteiger partial charge in [-0.3, -0.25) is 19.7 Å². The Morgan fingerprint density at radius 1 is 1.30 bits per heavy atom. The maximum atomic E-state index is 11.9. The summed E-state index contributed by atoms with van der Waals surface area (Å²) in [5.41, 5.74) is 0.0624. The first kappa shape index (κ1) is 15.5. The zero-order valence-electron chi connectivity index (χ0n) is 11.0. The molecule has 0 spiro atoms. The van der Waals surface area contributed by atoms with Crippen LogP contribution in [0, 0.1) is 17.0 Å². The summed E-state index contributed by atoms with van der Waals surface area (Å²) in [6.07, 6.45) is -0.747. The maximum Gasteiger partial charge on any atom is 0.375 e. The number of Topliss-reactive ketones (excluding diaryl/α,β-unsaturated/α-hetero) is 2. The van der Waals surface area contributed by atoms with Crippen LogP contribution in [0.15, 0.2) is 18.2 Å². The highest BCUT2D eigenvalue weighted by molar-refractivity contribution is 6.38. The van der Waals surface area contributed by atoms with E-state index in [2.05, 4.69) is 4.74 Å². The molecule has 0 N–H and O–H groups in total. The lowest BCUT2D eigenvalue weighted by Gasteiger charge is -2.03. The number of nitro groups is 1. The van der Waals surface area contributed by atoms with Gasteiger partial charge in [-0.25, -0.2) is 4.79 Å². The van der Waals surface area contributed by atoms with E-state index in [-0.39, 0.29) is 12.2 Å². The summed E-state index contributed by atoms with van der Waals surface area (Å²) in [5.74, 6) is -2.91. The number of carbonyl (C=O) groups excluding carboxylic acids is 3. The summed E-state index contributed by atoms with van der Waals surface area (Å²) in [6, 6.07) is 4.00. The first-order chi connectivity index (χ1) is 9.36. The van der Waals surface area contributed by atoms with E-state index in [1.807, 2.05) is 0 Å². The van der Waals surface area contributed by atoms with Crippen LogP contribution >= 0.6 is 0 Å². The van der Waals surface area contributed by atoms with Crippen molar-refractivity contribution in [3.8, 4) is 0 Å². The summed E-state index contributed by atoms with van der Waals surface area (Å²) < 4.78 is 4.47. The average molecular weight is 279 g/mol. The van der Waals surface area contributed by atoms with Crippen molar-refractivity contribution in [2.75, 3.05) is 6.61 Å². The topological polar surface area (TPSA) is 104 Å². The van der Waals surface area contributed by atoms with Crippen LogP contribution in [0.25, 0.3) is 0 Å². The Labute approximate surface area is 114 Å². The quantitative estimate of drug-likeness (QED) is 0.196. The fourth-order valence-corrected chi connectivity index (χ4v) is 1.56. The summed E-state index contributed by atoms with van der Waals surface area (Å²) in [7, 11) is 0. The van der Waals surface area contributed by atoms with E-state index in [1.165, 1.54) is 25.1 Å². The monoisotopic (exact) mass is 279 g/mol. The van der Waals surface area contributed by atoms with Gasteiger partial charge < -0.3 is 4.74 Å². The molecule has 7 nitrogen and oxygen atoms in total. The van der Waals surface area contributed by atoms with Gasteiger partial charge in [-0.1, -0.05) is 6.07 Å². The molecular weight excluding hydrogens is 266 g/mol. The Morgan fingerprint density at radius 2 is 1.95 bits per heavy atom. The number of hydrogen-bond acceptors (Lipinski definition) is 6. The highest BCUT2D eigenvalue weighted by Gasteiger charge is 2.25. The fourth-order valence-electron chi connectivity index (χ4n) is 1.56. The number of ether oxygens (including phenoxy) is 1. The molecule has 7 heteroatoms. The molecular formula is C13H13NO6. The molecule has 0 aliphatic heterocycles. The van der Waals surface area contributed by atoms with Gasteiger partial charge in [0.1, 0.15) is 0 Å². The van der Waals surface area contributed by atoms with Crippen molar-refractivity contribution in [1.29, 1.82) is 0 Å². The highest BCUT2D eigenvalue weighted by Crippen LogP contribution is 2.21. The number of ketones is 2. The minimum Gasteiger partial charge on any atom is -0.460 e. The van der Waals surface area contributed by atoms with Gasteiger partial charge in [0.25, 0.3) is 5.69 Å². The molecule has 0 aliphatic rings. The summed E-state index contributed by atoms with van der Waals surface area (Å²) >= 11 is 0. The van der Waals surface area contributed by atoms with Gasteiger partial charge in [-0.2, -0.15) is 0 Å². The molecule has 0 saturated heterocycles. The van der Waals surface area contributed by atoms with Gasteiger partial charge in [0.15, 0.2) is 5.78 Å². The zero-order valence-corrected chi connectivity index (χ0v) is 11.0. The molecule has 0 radical (unpaired) electrons. The van der Waals surface area contributed by atoms with E-state index in [4.69, 9.17) is 0 Å². The van der Waals surface area contributed by atoms with Crippen LogP contribution in [0.3, 0.4) is 0 Å². The van der Waals surface area contributed by atoms with Crippen LogP contribution < -0.4 is 0 Å². The Hall–Kier alpha value is -2.57. The largest absolute Gasteiger partial charge is 0.460 e. The van der Waals surface area contributed by atoms with Crippen LogP contribution in [0.1, 0.15) is 29.3 Å². The first-order valence-electron chi connectivity index (χ1n) is 5.85. The molecule has 1 aromatic rings. The van der Waals surface area contributed by atoms with Crippen molar-refractivity contribution in [1.82, 2.24) is 0 Å². The molecule has 1 rings (SSSR count). The predicted molar refractivity (Wildman–Crippen MR) is 68.4 cm³/mol. The molecule has 106 valence electrons. The molecule has 20 heavy (non-hydrogen) atoms. The van der Waals surface area contributed by atoms with Gasteiger partial charge >= 0.3 is 5.97 Å². The number of esters is 1. The van der Waals surface area contributed by atoms with Gasteiger partial charge in [-0.15, -0.1) is 0 Å². The van der Waals surface area contributed by atoms with Crippen molar-refractivity contribution < 1.29 is 24.0 Å². The molecule has 0 saturated carbocycles. The van der Waals surface area contributed by atoms with Gasteiger partial charge in [0, 0.05) is 6.07 Å². The van der Waals surface area contributed by atoms with E-state index < -0.39 is 34.6 Å². The lowest BCUT2D eigenvalue weighted by molar-refractivity contribution is -0.385. The number of rotatable bonds is 6. The summed E-state index contributed by atoms with van der Waals surface area (Å²) in [6.45, 7) is 3.20. The Balaban J connectivity index is 2.98. The molecule has 0 atom stereocenters. The molecule has 0 heterocycles. The molecule has 0 aromatic heterocycles. The fraction of sp³-hybridized carbons (Fsp3) is 0.308. The number of hydrogen-bond donors (Lipinski definition) is 0. The second-order valence-corrected chi connectivity index (χ2v) is 4.02. The summed E-state index contributed by atoms with van der Waals surface area (Å²) in [5, 5.41) is 10.8. The molecule has 0 amide bonds. The van der Waals surface area contributed by atoms with E-state index >= 15 is 0 Å². The summed E-state index contributed by atoms with van der Waals surface area (Å²) in [4.78, 5) is 44.6. The SMILES string of the molecule is CCOC(=O)C(=O)CC(=O)c1cc(C)ccc1[N+](=O)[O-]. The van der Waals surface area contributed by atoms with E-state index in [0.717, 1.165) is 0 Å². The van der Waals surface area contributed by atoms with Gasteiger partial charge in [0.05, 0.1) is 23.5 Å². The molecule has 0 aliphatic carbocycles. The predicted octanol–water partition coefficient (Wildman–Crippen LogP) is 1.61. The maximum absolute atomic E-state index is 11.9. The number of nitrogens with zero attached hydrogens (tertiary/aromatic N) is 1. The number of carbonyl (C=O) groups is 3. The van der Waals surface area contributed by atoms with Gasteiger partial charge in [-0.05, 0) is 25.5 Å². The number of benzene rings is 1. The van der Waals surface area contributed by atoms with Crippen LogP contribution in [0.2, 0.25) is 0 Å². The second-order valence-electron chi connectivity index (χ2n) is 4.02. The van der Waals surface area contributed by atoms with E-state index in [1.54, 1.807) is 6.92 Å². The third-order valence-corrected chi connectivity index (χ3v) is 2.47. The van der Waals surface area contributed by atoms with Crippen molar-refractivity contribution in [2.45, 2.75) is 20.3 Å². The van der Waals surface area contributed by atoms with E-state index in [9.17, 15) is 24.5 Å². The van der Waals surface area contributed by atoms with Crippen LogP contribution in [-0.2, 0) is 14.3 Å². The minimum absolute atomic E-state index is 0.0172. The van der Waals surface area contributed by atoms with Crippen molar-refractivity contribution >= 4 is 23.2 Å². The van der Waals surface area contributed by atoms with Crippen molar-refractivity contribution in [2.24, 2.45) is 0 Å². The van der Waals surface area contributed by atoms with Crippen LogP contribution in [-0.4, -0.2) is 29.1 Å². The average Bonchev–Trinajstić information content (AvgIpc) is 2.38. The van der Waals surface area contributed by atoms with Crippen LogP contribution in [0.5, 0.6) is 0 Å². The molecule has 0 bridgehead atoms. The minimum atomic E-state index is -1.11. The molecule has 0 fully saturated rings. The highest BCUT2D eigenvalue weighted by atomic mass is 16.6. The van der Waals surface area contributed by atoms with Crippen molar-refractivity contribution in [3.63, 3.8) is 0 Å². The Bertz CT molecular complexity index is 578. The van der Waals surface area contributed by atoms with Crippen molar-refractivity contribution in [3.05, 3.63) is 39.4 Å². The number of nitro benzene ring substituents is 1. The first-order valence-corrected chi connectivity index (χ1v) is 5.85. The smallest absolute Gasteiger partial charge is 0.375 e. The second kappa shape index (κ2) is 6.55. The van der Waals surface area contributed by atoms with Gasteiger partial charge in [0.2, 0.25) is 5.78 Å². The Morgan fingerprint density at radius 3 is 2.50 bits per heavy atom. The third-order valence-electron chi connectivity index (χ3n) is 2.47. The van der Waals surface area contributed by atoms with E-state index in [0.29, 0.717) is 5.56 Å². The molecule has 1 aromatic carbocycles. The third kappa shape index (κ3) is 3.71. The van der Waals surface area contributed by atoms with Crippen LogP contribution in [0.4, 0.5) is 5.69 Å². The zero-order chi connectivity index (χ0) is 15.3. The number of aryl methyl sites for hydroxylation is 1. The Kier molecular flexibility index (Phi) is 5.08. The molecule has 0 unspecified atom stereocenters.